The van der Waals surface area contributed by atoms with Gasteiger partial charge in [-0.15, -0.1) is 0 Å². The van der Waals surface area contributed by atoms with Gasteiger partial charge in [0.15, 0.2) is 5.82 Å². The Labute approximate surface area is 116 Å². The molecule has 0 unspecified atom stereocenters. The van der Waals surface area contributed by atoms with Crippen molar-refractivity contribution in [1.29, 1.82) is 0 Å². The quantitative estimate of drug-likeness (QED) is 0.901. The van der Waals surface area contributed by atoms with Gasteiger partial charge < -0.3 is 14.4 Å². The average Bonchev–Trinajstić information content (AvgIpc) is 3.04. The fourth-order valence-corrected chi connectivity index (χ4v) is 2.30. The summed E-state index contributed by atoms with van der Waals surface area (Å²) in [5, 5.41) is 6.46. The number of imidazole rings is 1. The molecule has 0 aliphatic carbocycles. The lowest BCUT2D eigenvalue weighted by Crippen LogP contribution is -2.35. The van der Waals surface area contributed by atoms with Crippen molar-refractivity contribution < 1.29 is 9.32 Å². The fraction of sp³-hybridized carbons (Fsp3) is 0.462. The number of carbonyl (C=O) groups excluding carboxylic acids is 1. The number of hydrogen-bond acceptors (Lipinski definition) is 5. The van der Waals surface area contributed by atoms with Gasteiger partial charge in [0, 0.05) is 44.5 Å². The standard InChI is InChI=1S/C13H17N5O2/c1-10-8-11(16-20-10)15-13(19)2-4-17-6-7-18-5-3-14-12(18)9-17/h3,5,8H,2,4,6-7,9H2,1H3,(H,15,16,19). The van der Waals surface area contributed by atoms with E-state index in [1.54, 1.807) is 13.0 Å². The Morgan fingerprint density at radius 1 is 1.50 bits per heavy atom. The molecular formula is C13H17N5O2. The van der Waals surface area contributed by atoms with Crippen molar-refractivity contribution in [2.45, 2.75) is 26.4 Å². The zero-order valence-corrected chi connectivity index (χ0v) is 11.4. The lowest BCUT2D eigenvalue weighted by atomic mass is 10.3. The second kappa shape index (κ2) is 5.46. The Balaban J connectivity index is 1.47. The van der Waals surface area contributed by atoms with Gasteiger partial charge in [-0.25, -0.2) is 4.98 Å². The SMILES string of the molecule is Cc1cc(NC(=O)CCN2CCn3ccnc3C2)no1. The van der Waals surface area contributed by atoms with E-state index in [-0.39, 0.29) is 5.91 Å². The number of hydrogen-bond donors (Lipinski definition) is 1. The van der Waals surface area contributed by atoms with E-state index in [1.807, 2.05) is 12.4 Å². The normalized spacial score (nSPS) is 15.1. The summed E-state index contributed by atoms with van der Waals surface area (Å²) in [5.74, 6) is 2.17. The van der Waals surface area contributed by atoms with Crippen LogP contribution in [0.2, 0.25) is 0 Å². The minimum atomic E-state index is -0.0489. The summed E-state index contributed by atoms with van der Waals surface area (Å²) >= 11 is 0. The monoisotopic (exact) mass is 275 g/mol. The molecule has 1 aliphatic rings. The van der Waals surface area contributed by atoms with Crippen molar-refractivity contribution in [3.05, 3.63) is 30.0 Å². The third kappa shape index (κ3) is 2.88. The summed E-state index contributed by atoms with van der Waals surface area (Å²) < 4.78 is 7.05. The molecule has 2 aromatic rings. The van der Waals surface area contributed by atoms with Crippen LogP contribution in [0.5, 0.6) is 0 Å². The van der Waals surface area contributed by atoms with E-state index >= 15 is 0 Å². The first-order chi connectivity index (χ1) is 9.70. The van der Waals surface area contributed by atoms with Crippen LogP contribution in [0.4, 0.5) is 5.82 Å². The molecule has 106 valence electrons. The van der Waals surface area contributed by atoms with E-state index < -0.39 is 0 Å². The number of nitrogens with zero attached hydrogens (tertiary/aromatic N) is 4. The van der Waals surface area contributed by atoms with Crippen molar-refractivity contribution in [2.75, 3.05) is 18.4 Å². The summed E-state index contributed by atoms with van der Waals surface area (Å²) in [7, 11) is 0. The van der Waals surface area contributed by atoms with Crippen molar-refractivity contribution in [3.63, 3.8) is 0 Å². The van der Waals surface area contributed by atoms with Crippen LogP contribution >= 0.6 is 0 Å². The summed E-state index contributed by atoms with van der Waals surface area (Å²) in [6.45, 7) is 5.18. The van der Waals surface area contributed by atoms with E-state index in [4.69, 9.17) is 4.52 Å². The molecule has 3 rings (SSSR count). The van der Waals surface area contributed by atoms with Crippen molar-refractivity contribution in [2.24, 2.45) is 0 Å². The van der Waals surface area contributed by atoms with Gasteiger partial charge in [-0.1, -0.05) is 5.16 Å². The number of fused-ring (bicyclic) bond motifs is 1. The fourth-order valence-electron chi connectivity index (χ4n) is 2.30. The van der Waals surface area contributed by atoms with E-state index in [0.717, 1.165) is 32.0 Å². The van der Waals surface area contributed by atoms with Crippen LogP contribution in [0.15, 0.2) is 23.0 Å². The third-order valence-corrected chi connectivity index (χ3v) is 3.37. The molecule has 3 heterocycles. The molecule has 0 saturated heterocycles. The van der Waals surface area contributed by atoms with Gasteiger partial charge >= 0.3 is 0 Å². The highest BCUT2D eigenvalue weighted by Crippen LogP contribution is 2.11. The summed E-state index contributed by atoms with van der Waals surface area (Å²) in [6, 6.07) is 1.70. The highest BCUT2D eigenvalue weighted by atomic mass is 16.5. The van der Waals surface area contributed by atoms with Gasteiger partial charge in [-0.05, 0) is 6.92 Å². The Bertz CT molecular complexity index is 603. The van der Waals surface area contributed by atoms with Crippen LogP contribution in [-0.2, 0) is 17.9 Å². The smallest absolute Gasteiger partial charge is 0.226 e. The molecular weight excluding hydrogens is 258 g/mol. The second-order valence-corrected chi connectivity index (χ2v) is 4.93. The van der Waals surface area contributed by atoms with Crippen LogP contribution < -0.4 is 5.32 Å². The lowest BCUT2D eigenvalue weighted by Gasteiger charge is -2.27. The molecule has 1 N–H and O–H groups in total. The summed E-state index contributed by atoms with van der Waals surface area (Å²) in [6.07, 6.45) is 4.25. The molecule has 0 aromatic carbocycles. The predicted octanol–water partition coefficient (Wildman–Crippen LogP) is 1.02. The molecule has 1 amide bonds. The number of aryl methyl sites for hydroxylation is 1. The van der Waals surface area contributed by atoms with Gasteiger partial charge in [-0.3, -0.25) is 9.69 Å². The second-order valence-electron chi connectivity index (χ2n) is 4.93. The number of rotatable bonds is 4. The topological polar surface area (TPSA) is 76.2 Å². The van der Waals surface area contributed by atoms with Gasteiger partial charge in [0.25, 0.3) is 0 Å². The van der Waals surface area contributed by atoms with Crippen molar-refractivity contribution >= 4 is 11.7 Å². The Morgan fingerprint density at radius 2 is 2.40 bits per heavy atom. The first-order valence-electron chi connectivity index (χ1n) is 6.66. The first kappa shape index (κ1) is 12.9. The zero-order valence-electron chi connectivity index (χ0n) is 11.4. The van der Waals surface area contributed by atoms with Crippen molar-refractivity contribution in [3.8, 4) is 0 Å². The molecule has 0 radical (unpaired) electrons. The van der Waals surface area contributed by atoms with E-state index in [1.165, 1.54) is 0 Å². The van der Waals surface area contributed by atoms with Crippen LogP contribution in [0.25, 0.3) is 0 Å². The third-order valence-electron chi connectivity index (χ3n) is 3.37. The van der Waals surface area contributed by atoms with E-state index in [2.05, 4.69) is 24.9 Å². The highest BCUT2D eigenvalue weighted by Gasteiger charge is 2.17. The average molecular weight is 275 g/mol. The maximum Gasteiger partial charge on any atom is 0.226 e. The maximum atomic E-state index is 11.8. The van der Waals surface area contributed by atoms with Crippen LogP contribution in [0.1, 0.15) is 18.0 Å². The Morgan fingerprint density at radius 3 is 3.20 bits per heavy atom. The van der Waals surface area contributed by atoms with Gasteiger partial charge in [0.1, 0.15) is 11.6 Å². The van der Waals surface area contributed by atoms with E-state index in [0.29, 0.717) is 18.0 Å². The molecule has 1 aliphatic heterocycles. The lowest BCUT2D eigenvalue weighted by molar-refractivity contribution is -0.116. The summed E-state index contributed by atoms with van der Waals surface area (Å²) in [4.78, 5) is 18.4. The molecule has 7 nitrogen and oxygen atoms in total. The van der Waals surface area contributed by atoms with Gasteiger partial charge in [0.2, 0.25) is 5.91 Å². The van der Waals surface area contributed by atoms with Crippen LogP contribution in [-0.4, -0.2) is 38.6 Å². The van der Waals surface area contributed by atoms with Crippen LogP contribution in [0.3, 0.4) is 0 Å². The molecule has 0 saturated carbocycles. The number of carbonyl (C=O) groups is 1. The number of nitrogens with one attached hydrogen (secondary N) is 1. The summed E-state index contributed by atoms with van der Waals surface area (Å²) in [5.41, 5.74) is 0. The molecule has 0 bridgehead atoms. The van der Waals surface area contributed by atoms with E-state index in [9.17, 15) is 4.79 Å². The molecule has 20 heavy (non-hydrogen) atoms. The zero-order chi connectivity index (χ0) is 13.9. The Kier molecular flexibility index (Phi) is 3.51. The highest BCUT2D eigenvalue weighted by molar-refractivity contribution is 5.89. The number of aromatic nitrogens is 3. The molecule has 0 spiro atoms. The molecule has 0 atom stereocenters. The number of anilines is 1. The minimum absolute atomic E-state index is 0.0489. The largest absolute Gasteiger partial charge is 0.360 e. The molecule has 7 heteroatoms. The molecule has 0 fully saturated rings. The van der Waals surface area contributed by atoms with Crippen molar-refractivity contribution in [1.82, 2.24) is 19.6 Å². The van der Waals surface area contributed by atoms with Gasteiger partial charge in [-0.2, -0.15) is 0 Å². The first-order valence-corrected chi connectivity index (χ1v) is 6.66. The predicted molar refractivity (Wildman–Crippen MR) is 72.0 cm³/mol. The van der Waals surface area contributed by atoms with Gasteiger partial charge in [0.05, 0.1) is 6.54 Å². The van der Waals surface area contributed by atoms with Crippen LogP contribution in [0, 0.1) is 6.92 Å². The number of amides is 1. The molecule has 2 aromatic heterocycles. The maximum absolute atomic E-state index is 11.8. The minimum Gasteiger partial charge on any atom is -0.360 e. The Hall–Kier alpha value is -2.15.